The van der Waals surface area contributed by atoms with Gasteiger partial charge in [-0.3, -0.25) is 4.90 Å². The van der Waals surface area contributed by atoms with E-state index in [9.17, 15) is 0 Å². The molecule has 2 aliphatic heterocycles. The fourth-order valence-corrected chi connectivity index (χ4v) is 4.89. The molecule has 2 saturated heterocycles. The molecule has 0 N–H and O–H groups in total. The van der Waals surface area contributed by atoms with Gasteiger partial charge in [0.1, 0.15) is 0 Å². The Kier molecular flexibility index (Phi) is 2.99. The van der Waals surface area contributed by atoms with Crippen LogP contribution in [0.25, 0.3) is 0 Å². The SMILES string of the molecule is CCC(C)N1C2CCC1C1CCCCC1C2. The Morgan fingerprint density at radius 2 is 1.94 bits per heavy atom. The van der Waals surface area contributed by atoms with Crippen LogP contribution in [0.4, 0.5) is 0 Å². The zero-order chi connectivity index (χ0) is 11.1. The summed E-state index contributed by atoms with van der Waals surface area (Å²) in [5, 5.41) is 0. The van der Waals surface area contributed by atoms with Crippen LogP contribution in [0.15, 0.2) is 0 Å². The number of rotatable bonds is 2. The van der Waals surface area contributed by atoms with Crippen LogP contribution in [-0.2, 0) is 0 Å². The Morgan fingerprint density at radius 3 is 2.75 bits per heavy atom. The summed E-state index contributed by atoms with van der Waals surface area (Å²) in [6.45, 7) is 4.81. The smallest absolute Gasteiger partial charge is 0.0132 e. The third-order valence-electron chi connectivity index (χ3n) is 5.74. The van der Waals surface area contributed by atoms with Crippen molar-refractivity contribution in [1.29, 1.82) is 0 Å². The van der Waals surface area contributed by atoms with Crippen LogP contribution in [0.3, 0.4) is 0 Å². The van der Waals surface area contributed by atoms with Crippen molar-refractivity contribution in [3.8, 4) is 0 Å². The highest BCUT2D eigenvalue weighted by Gasteiger charge is 2.48. The second-order valence-electron chi connectivity index (χ2n) is 6.45. The first-order chi connectivity index (χ1) is 7.81. The highest BCUT2D eigenvalue weighted by molar-refractivity contribution is 5.02. The summed E-state index contributed by atoms with van der Waals surface area (Å²) in [6.07, 6.45) is 12.0. The first kappa shape index (κ1) is 11.1. The summed E-state index contributed by atoms with van der Waals surface area (Å²) in [4.78, 5) is 2.92. The molecule has 1 heteroatoms. The van der Waals surface area contributed by atoms with E-state index in [0.717, 1.165) is 30.0 Å². The van der Waals surface area contributed by atoms with E-state index in [1.807, 2.05) is 0 Å². The van der Waals surface area contributed by atoms with Gasteiger partial charge in [0.15, 0.2) is 0 Å². The van der Waals surface area contributed by atoms with Crippen molar-refractivity contribution in [3.63, 3.8) is 0 Å². The van der Waals surface area contributed by atoms with Gasteiger partial charge in [-0.15, -0.1) is 0 Å². The lowest BCUT2D eigenvalue weighted by Gasteiger charge is -2.49. The van der Waals surface area contributed by atoms with Crippen LogP contribution in [0, 0.1) is 11.8 Å². The van der Waals surface area contributed by atoms with Crippen molar-refractivity contribution in [2.75, 3.05) is 0 Å². The number of fused-ring (bicyclic) bond motifs is 4. The maximum Gasteiger partial charge on any atom is 0.0132 e. The molecule has 92 valence electrons. The van der Waals surface area contributed by atoms with Gasteiger partial charge in [-0.05, 0) is 50.9 Å². The van der Waals surface area contributed by atoms with E-state index >= 15 is 0 Å². The Bertz CT molecular complexity index is 250. The van der Waals surface area contributed by atoms with Gasteiger partial charge in [-0.2, -0.15) is 0 Å². The minimum Gasteiger partial charge on any atom is -0.294 e. The minimum atomic E-state index is 0.834. The van der Waals surface area contributed by atoms with Gasteiger partial charge >= 0.3 is 0 Å². The van der Waals surface area contributed by atoms with E-state index in [0.29, 0.717) is 0 Å². The summed E-state index contributed by atoms with van der Waals surface area (Å²) in [7, 11) is 0. The molecule has 0 aromatic heterocycles. The molecule has 2 bridgehead atoms. The molecule has 3 rings (SSSR count). The molecule has 1 nitrogen and oxygen atoms in total. The number of hydrogen-bond donors (Lipinski definition) is 0. The zero-order valence-electron chi connectivity index (χ0n) is 11.0. The molecule has 3 aliphatic rings. The number of hydrogen-bond acceptors (Lipinski definition) is 1. The van der Waals surface area contributed by atoms with Gasteiger partial charge in [0, 0.05) is 18.1 Å². The summed E-state index contributed by atoms with van der Waals surface area (Å²) in [5.74, 6) is 2.17. The summed E-state index contributed by atoms with van der Waals surface area (Å²) in [5.41, 5.74) is 0. The number of piperidine rings is 1. The van der Waals surface area contributed by atoms with E-state index in [1.165, 1.54) is 44.9 Å². The molecule has 2 heterocycles. The molecule has 5 atom stereocenters. The fraction of sp³-hybridized carbons (Fsp3) is 1.00. The first-order valence-corrected chi connectivity index (χ1v) is 7.58. The lowest BCUT2D eigenvalue weighted by atomic mass is 9.71. The molecule has 5 unspecified atom stereocenters. The van der Waals surface area contributed by atoms with Crippen molar-refractivity contribution in [3.05, 3.63) is 0 Å². The normalized spacial score (nSPS) is 45.4. The molecular weight excluding hydrogens is 194 g/mol. The quantitative estimate of drug-likeness (QED) is 0.685. The van der Waals surface area contributed by atoms with Gasteiger partial charge in [0.05, 0.1) is 0 Å². The van der Waals surface area contributed by atoms with Crippen molar-refractivity contribution in [1.82, 2.24) is 4.90 Å². The van der Waals surface area contributed by atoms with Crippen LogP contribution >= 0.6 is 0 Å². The third-order valence-corrected chi connectivity index (χ3v) is 5.74. The summed E-state index contributed by atoms with van der Waals surface area (Å²) in [6, 6.07) is 2.76. The predicted octanol–water partition coefficient (Wildman–Crippen LogP) is 3.83. The molecule has 0 amide bonds. The zero-order valence-corrected chi connectivity index (χ0v) is 11.0. The lowest BCUT2D eigenvalue weighted by Crippen LogP contribution is -2.53. The second kappa shape index (κ2) is 4.33. The van der Waals surface area contributed by atoms with E-state index < -0.39 is 0 Å². The largest absolute Gasteiger partial charge is 0.294 e. The average Bonchev–Trinajstić information content (AvgIpc) is 2.64. The monoisotopic (exact) mass is 221 g/mol. The van der Waals surface area contributed by atoms with Crippen molar-refractivity contribution >= 4 is 0 Å². The van der Waals surface area contributed by atoms with Gasteiger partial charge in [-0.25, -0.2) is 0 Å². The van der Waals surface area contributed by atoms with Crippen molar-refractivity contribution < 1.29 is 0 Å². The van der Waals surface area contributed by atoms with Crippen LogP contribution in [0.1, 0.15) is 65.2 Å². The number of nitrogens with zero attached hydrogens (tertiary/aromatic N) is 1. The highest BCUT2D eigenvalue weighted by atomic mass is 15.2. The Balaban J connectivity index is 1.79. The van der Waals surface area contributed by atoms with Crippen LogP contribution in [0.2, 0.25) is 0 Å². The topological polar surface area (TPSA) is 3.24 Å². The van der Waals surface area contributed by atoms with Crippen LogP contribution < -0.4 is 0 Å². The molecule has 0 aromatic rings. The van der Waals surface area contributed by atoms with E-state index in [1.54, 1.807) is 6.42 Å². The molecule has 1 saturated carbocycles. The average molecular weight is 221 g/mol. The van der Waals surface area contributed by atoms with Crippen LogP contribution in [0.5, 0.6) is 0 Å². The van der Waals surface area contributed by atoms with Gasteiger partial charge < -0.3 is 0 Å². The molecule has 0 aromatic carbocycles. The molecule has 0 radical (unpaired) electrons. The van der Waals surface area contributed by atoms with Crippen LogP contribution in [-0.4, -0.2) is 23.0 Å². The van der Waals surface area contributed by atoms with Gasteiger partial charge in [-0.1, -0.05) is 26.2 Å². The third kappa shape index (κ3) is 1.63. The Labute approximate surface area is 101 Å². The van der Waals surface area contributed by atoms with Crippen molar-refractivity contribution in [2.24, 2.45) is 11.8 Å². The van der Waals surface area contributed by atoms with E-state index in [2.05, 4.69) is 18.7 Å². The molecule has 1 aliphatic carbocycles. The molecule has 16 heavy (non-hydrogen) atoms. The summed E-state index contributed by atoms with van der Waals surface area (Å²) < 4.78 is 0. The molecular formula is C15H27N. The van der Waals surface area contributed by atoms with Gasteiger partial charge in [0.2, 0.25) is 0 Å². The highest BCUT2D eigenvalue weighted by Crippen LogP contribution is 2.49. The summed E-state index contributed by atoms with van der Waals surface area (Å²) >= 11 is 0. The first-order valence-electron chi connectivity index (χ1n) is 7.58. The fourth-order valence-electron chi connectivity index (χ4n) is 4.89. The Morgan fingerprint density at radius 1 is 1.12 bits per heavy atom. The lowest BCUT2D eigenvalue weighted by molar-refractivity contribution is -0.00221. The maximum atomic E-state index is 2.92. The van der Waals surface area contributed by atoms with Gasteiger partial charge in [0.25, 0.3) is 0 Å². The molecule has 3 fully saturated rings. The van der Waals surface area contributed by atoms with E-state index in [4.69, 9.17) is 0 Å². The van der Waals surface area contributed by atoms with Crippen molar-refractivity contribution in [2.45, 2.75) is 83.3 Å². The second-order valence-corrected chi connectivity index (χ2v) is 6.45. The molecule has 0 spiro atoms. The predicted molar refractivity (Wildman–Crippen MR) is 68.5 cm³/mol. The maximum absolute atomic E-state index is 2.92. The Hall–Kier alpha value is -0.0400. The standard InChI is InChI=1S/C15H27N/c1-3-11(2)16-13-8-9-15(16)14-7-5-4-6-12(14)10-13/h11-15H,3-10H2,1-2H3. The van der Waals surface area contributed by atoms with E-state index in [-0.39, 0.29) is 0 Å². The minimum absolute atomic E-state index is 0.834.